The van der Waals surface area contributed by atoms with Crippen molar-refractivity contribution in [3.05, 3.63) is 76.5 Å². The number of anilines is 1. The molecule has 2 heterocycles. The van der Waals surface area contributed by atoms with Gasteiger partial charge in [-0.1, -0.05) is 36.4 Å². The van der Waals surface area contributed by atoms with E-state index in [1.165, 1.54) is 0 Å². The zero-order chi connectivity index (χ0) is 19.4. The van der Waals surface area contributed by atoms with E-state index in [-0.39, 0.29) is 23.2 Å². The van der Waals surface area contributed by atoms with E-state index in [1.807, 2.05) is 54.6 Å². The average molecular weight is 370 g/mol. The van der Waals surface area contributed by atoms with E-state index >= 15 is 0 Å². The molecule has 0 spiro atoms. The van der Waals surface area contributed by atoms with Crippen LogP contribution in [0.25, 0.3) is 21.8 Å². The summed E-state index contributed by atoms with van der Waals surface area (Å²) in [5, 5.41) is 1.40. The van der Waals surface area contributed by atoms with Gasteiger partial charge in [-0.05, 0) is 38.1 Å². The first-order valence-corrected chi connectivity index (χ1v) is 9.90. The lowest BCUT2D eigenvalue weighted by Crippen LogP contribution is -2.47. The smallest absolute Gasteiger partial charge is 0.197 e. The van der Waals surface area contributed by atoms with Gasteiger partial charge < -0.3 is 9.47 Å². The number of pyridine rings is 1. The van der Waals surface area contributed by atoms with Gasteiger partial charge in [-0.25, -0.2) is 0 Å². The zero-order valence-electron chi connectivity index (χ0n) is 16.1. The fraction of sp³-hybridized carbons (Fsp3) is 0.250. The first-order valence-electron chi connectivity index (χ1n) is 9.90. The molecule has 1 aliphatic heterocycles. The van der Waals surface area contributed by atoms with Gasteiger partial charge in [-0.2, -0.15) is 0 Å². The highest BCUT2D eigenvalue weighted by molar-refractivity contribution is 6.10. The van der Waals surface area contributed by atoms with Crippen LogP contribution < -0.4 is 10.3 Å². The second kappa shape index (κ2) is 6.20. The minimum Gasteiger partial charge on any atom is -0.364 e. The summed E-state index contributed by atoms with van der Waals surface area (Å²) in [6.07, 6.45) is 8.04. The van der Waals surface area contributed by atoms with Crippen molar-refractivity contribution >= 4 is 33.3 Å². The summed E-state index contributed by atoms with van der Waals surface area (Å²) in [6, 6.07) is 11.6. The number of allylic oxidation sites excluding steroid dienone is 2. The van der Waals surface area contributed by atoms with Crippen molar-refractivity contribution in [1.82, 2.24) is 4.57 Å². The monoisotopic (exact) mass is 370 g/mol. The number of para-hydroxylation sites is 1. The molecule has 0 bridgehead atoms. The molecule has 1 aliphatic carbocycles. The number of nitrogens with zero attached hydrogens (tertiary/aromatic N) is 2. The number of hydrogen-bond acceptors (Lipinski definition) is 3. The lowest BCUT2D eigenvalue weighted by Gasteiger charge is -2.41. The molecule has 0 radical (unpaired) electrons. The van der Waals surface area contributed by atoms with Crippen molar-refractivity contribution < 1.29 is 4.79 Å². The van der Waals surface area contributed by atoms with Crippen LogP contribution in [0, 0.1) is 5.92 Å². The maximum atomic E-state index is 13.3. The number of rotatable bonds is 2. The summed E-state index contributed by atoms with van der Waals surface area (Å²) in [4.78, 5) is 28.8. The summed E-state index contributed by atoms with van der Waals surface area (Å²) in [5.41, 5.74) is 3.37. The fourth-order valence-electron chi connectivity index (χ4n) is 4.79. The van der Waals surface area contributed by atoms with Crippen molar-refractivity contribution in [3.63, 3.8) is 0 Å². The molecule has 0 fully saturated rings. The summed E-state index contributed by atoms with van der Waals surface area (Å²) >= 11 is 0. The Morgan fingerprint density at radius 3 is 2.46 bits per heavy atom. The lowest BCUT2D eigenvalue weighted by molar-refractivity contribution is 0.0928. The number of Topliss-reactive ketones (excluding diaryl/α,β-unsaturated/α-hetero) is 1. The first kappa shape index (κ1) is 17.0. The van der Waals surface area contributed by atoms with Gasteiger partial charge in [-0.15, -0.1) is 0 Å². The van der Waals surface area contributed by atoms with Crippen molar-refractivity contribution in [2.45, 2.75) is 26.4 Å². The zero-order valence-corrected chi connectivity index (χ0v) is 16.1. The normalized spacial score (nSPS) is 20.6. The molecular formula is C24H22N2O2. The van der Waals surface area contributed by atoms with Crippen LogP contribution in [0.15, 0.2) is 65.5 Å². The second-order valence-corrected chi connectivity index (χ2v) is 7.41. The Balaban J connectivity index is 1.90. The Kier molecular flexibility index (Phi) is 3.76. The van der Waals surface area contributed by atoms with Gasteiger partial charge in [0.25, 0.3) is 0 Å². The molecule has 140 valence electrons. The number of hydrogen-bond donors (Lipinski definition) is 0. The van der Waals surface area contributed by atoms with Crippen LogP contribution in [0.3, 0.4) is 0 Å². The van der Waals surface area contributed by atoms with Gasteiger partial charge in [0.15, 0.2) is 11.2 Å². The second-order valence-electron chi connectivity index (χ2n) is 7.41. The highest BCUT2D eigenvalue weighted by atomic mass is 16.1. The molecule has 0 N–H and O–H groups in total. The molecule has 0 saturated carbocycles. The van der Waals surface area contributed by atoms with Crippen LogP contribution in [0.2, 0.25) is 0 Å². The van der Waals surface area contributed by atoms with E-state index in [0.717, 1.165) is 35.2 Å². The predicted molar refractivity (Wildman–Crippen MR) is 114 cm³/mol. The van der Waals surface area contributed by atoms with Gasteiger partial charge >= 0.3 is 0 Å². The van der Waals surface area contributed by atoms with Gasteiger partial charge in [0.05, 0.1) is 23.0 Å². The summed E-state index contributed by atoms with van der Waals surface area (Å²) < 4.78 is 2.14. The molecule has 3 aromatic rings. The SMILES string of the molecule is CCN1c2cc3c(=O)c4ccccc4n(CC)c3cc2C(=O)C2C=CC=CC21. The van der Waals surface area contributed by atoms with E-state index in [4.69, 9.17) is 0 Å². The van der Waals surface area contributed by atoms with E-state index in [1.54, 1.807) is 0 Å². The quantitative estimate of drug-likeness (QED) is 0.632. The van der Waals surface area contributed by atoms with Crippen molar-refractivity contribution in [1.29, 1.82) is 0 Å². The summed E-state index contributed by atoms with van der Waals surface area (Å²) in [6.45, 7) is 5.68. The van der Waals surface area contributed by atoms with Gasteiger partial charge in [0.1, 0.15) is 0 Å². The Labute approximate surface area is 163 Å². The molecule has 28 heavy (non-hydrogen) atoms. The molecule has 2 aromatic carbocycles. The number of ketones is 1. The first-order chi connectivity index (χ1) is 13.7. The van der Waals surface area contributed by atoms with Crippen LogP contribution in [0.1, 0.15) is 24.2 Å². The molecule has 2 aliphatic rings. The van der Waals surface area contributed by atoms with Crippen molar-refractivity contribution in [3.8, 4) is 0 Å². The van der Waals surface area contributed by atoms with E-state index < -0.39 is 0 Å². The van der Waals surface area contributed by atoms with Crippen LogP contribution in [0.4, 0.5) is 5.69 Å². The number of likely N-dealkylation sites (N-methyl/N-ethyl adjacent to an activating group) is 1. The van der Waals surface area contributed by atoms with E-state index in [0.29, 0.717) is 10.9 Å². The fourth-order valence-corrected chi connectivity index (χ4v) is 4.79. The number of aryl methyl sites for hydroxylation is 1. The minimum absolute atomic E-state index is 0.0151. The Morgan fingerprint density at radius 1 is 0.893 bits per heavy atom. The molecular weight excluding hydrogens is 348 g/mol. The number of benzene rings is 2. The standard InChI is InChI=1S/C24H22N2O2/c1-3-25-19-11-7-5-9-15(19)23(27)17-14-22-18(13-21(17)25)24(28)16-10-6-8-12-20(16)26(22)4-2/h5-15,19H,3-4H2,1-2H3. The van der Waals surface area contributed by atoms with Gasteiger partial charge in [0, 0.05) is 35.1 Å². The van der Waals surface area contributed by atoms with E-state index in [2.05, 4.69) is 29.4 Å². The molecule has 4 nitrogen and oxygen atoms in total. The summed E-state index contributed by atoms with van der Waals surface area (Å²) in [5.74, 6) is -0.0346. The third-order valence-electron chi connectivity index (χ3n) is 6.09. The largest absolute Gasteiger partial charge is 0.364 e. The highest BCUT2D eigenvalue weighted by Gasteiger charge is 2.38. The minimum atomic E-state index is -0.169. The topological polar surface area (TPSA) is 42.3 Å². The molecule has 0 amide bonds. The molecule has 2 atom stereocenters. The Morgan fingerprint density at radius 2 is 1.68 bits per heavy atom. The molecule has 5 rings (SSSR count). The Bertz CT molecular complexity index is 1250. The van der Waals surface area contributed by atoms with Crippen molar-refractivity contribution in [2.75, 3.05) is 11.4 Å². The van der Waals surface area contributed by atoms with Crippen LogP contribution in [-0.2, 0) is 6.54 Å². The van der Waals surface area contributed by atoms with Crippen LogP contribution in [-0.4, -0.2) is 22.9 Å². The van der Waals surface area contributed by atoms with Crippen molar-refractivity contribution in [2.24, 2.45) is 5.92 Å². The average Bonchev–Trinajstić information content (AvgIpc) is 2.74. The maximum absolute atomic E-state index is 13.3. The van der Waals surface area contributed by atoms with Crippen LogP contribution in [0.5, 0.6) is 0 Å². The summed E-state index contributed by atoms with van der Waals surface area (Å²) in [7, 11) is 0. The van der Waals surface area contributed by atoms with Gasteiger partial charge in [0.2, 0.25) is 0 Å². The highest BCUT2D eigenvalue weighted by Crippen LogP contribution is 2.38. The Hall–Kier alpha value is -3.14. The predicted octanol–water partition coefficient (Wildman–Crippen LogP) is 4.31. The number of carbonyl (C=O) groups is 1. The van der Waals surface area contributed by atoms with E-state index in [9.17, 15) is 9.59 Å². The molecule has 2 unspecified atom stereocenters. The lowest BCUT2D eigenvalue weighted by atomic mass is 9.81. The van der Waals surface area contributed by atoms with Gasteiger partial charge in [-0.3, -0.25) is 9.59 Å². The van der Waals surface area contributed by atoms with Crippen LogP contribution >= 0.6 is 0 Å². The molecule has 0 saturated heterocycles. The number of carbonyl (C=O) groups excluding carboxylic acids is 1. The molecule has 4 heteroatoms. The third kappa shape index (κ3) is 2.18. The molecule has 1 aromatic heterocycles. The number of fused-ring (bicyclic) bond motifs is 4. The number of aromatic nitrogens is 1. The maximum Gasteiger partial charge on any atom is 0.197 e. The third-order valence-corrected chi connectivity index (χ3v) is 6.09.